The second kappa shape index (κ2) is 7.40. The number of urea groups is 1. The molecule has 33 heavy (non-hydrogen) atoms. The quantitative estimate of drug-likeness (QED) is 0.622. The van der Waals surface area contributed by atoms with Gasteiger partial charge in [0.1, 0.15) is 17.9 Å². The highest BCUT2D eigenvalue weighted by Crippen LogP contribution is 2.41. The molecule has 3 aromatic rings. The number of carbonyl (C=O) groups is 3. The Bertz CT molecular complexity index is 1290. The summed E-state index contributed by atoms with van der Waals surface area (Å²) in [6.45, 7) is 0.845. The van der Waals surface area contributed by atoms with Crippen LogP contribution in [0.1, 0.15) is 42.1 Å². The monoisotopic (exact) mass is 444 g/mol. The number of nitrogens with one attached hydrogen (secondary N) is 1. The van der Waals surface area contributed by atoms with E-state index in [9.17, 15) is 14.4 Å². The van der Waals surface area contributed by atoms with Crippen LogP contribution in [0.3, 0.4) is 0 Å². The molecule has 2 fully saturated rings. The molecular weight excluding hydrogens is 420 g/mol. The van der Waals surface area contributed by atoms with Gasteiger partial charge in [-0.25, -0.2) is 4.79 Å². The minimum absolute atomic E-state index is 0.0521. The van der Waals surface area contributed by atoms with E-state index in [4.69, 9.17) is 0 Å². The second-order valence-electron chi connectivity index (χ2n) is 9.05. The SMILES string of the molecule is O=C(CN1C(=O)N[C@]2(CCc3ccccc32)C1=O)N1CCC[C@H](c2nnc3ccccn23)C1. The van der Waals surface area contributed by atoms with Gasteiger partial charge in [-0.15, -0.1) is 10.2 Å². The highest BCUT2D eigenvalue weighted by molar-refractivity contribution is 6.09. The Morgan fingerprint density at radius 3 is 2.88 bits per heavy atom. The zero-order chi connectivity index (χ0) is 22.6. The molecule has 9 heteroatoms. The predicted molar refractivity (Wildman–Crippen MR) is 118 cm³/mol. The van der Waals surface area contributed by atoms with Crippen LogP contribution in [0.25, 0.3) is 5.65 Å². The molecule has 2 atom stereocenters. The molecule has 2 aliphatic heterocycles. The first-order chi connectivity index (χ1) is 16.1. The smallest absolute Gasteiger partial charge is 0.325 e. The first kappa shape index (κ1) is 19.9. The van der Waals surface area contributed by atoms with Crippen molar-refractivity contribution in [2.45, 2.75) is 37.1 Å². The molecule has 0 bridgehead atoms. The Balaban J connectivity index is 1.19. The van der Waals surface area contributed by atoms with Gasteiger partial charge in [0, 0.05) is 25.2 Å². The molecule has 1 spiro atoms. The van der Waals surface area contributed by atoms with Crippen LogP contribution in [0.5, 0.6) is 0 Å². The van der Waals surface area contributed by atoms with E-state index in [0.717, 1.165) is 46.8 Å². The maximum absolute atomic E-state index is 13.4. The van der Waals surface area contributed by atoms with Gasteiger partial charge in [0.05, 0.1) is 0 Å². The minimum atomic E-state index is -1.04. The zero-order valence-electron chi connectivity index (χ0n) is 18.1. The van der Waals surface area contributed by atoms with Crippen LogP contribution in [-0.2, 0) is 21.5 Å². The molecule has 1 aromatic carbocycles. The van der Waals surface area contributed by atoms with E-state index in [-0.39, 0.29) is 24.3 Å². The highest BCUT2D eigenvalue weighted by atomic mass is 16.2. The number of aromatic nitrogens is 3. The van der Waals surface area contributed by atoms with E-state index in [1.54, 1.807) is 4.90 Å². The van der Waals surface area contributed by atoms with E-state index in [1.165, 1.54) is 0 Å². The van der Waals surface area contributed by atoms with Gasteiger partial charge in [-0.05, 0) is 48.9 Å². The lowest BCUT2D eigenvalue weighted by Gasteiger charge is -2.32. The summed E-state index contributed by atoms with van der Waals surface area (Å²) >= 11 is 0. The molecular formula is C24H24N6O3. The van der Waals surface area contributed by atoms with Gasteiger partial charge in [-0.3, -0.25) is 18.9 Å². The molecule has 2 aromatic heterocycles. The predicted octanol–water partition coefficient (Wildman–Crippen LogP) is 1.83. The average molecular weight is 444 g/mol. The normalized spacial score (nSPS) is 24.5. The van der Waals surface area contributed by atoms with Crippen molar-refractivity contribution >= 4 is 23.5 Å². The fraction of sp³-hybridized carbons (Fsp3) is 0.375. The topological polar surface area (TPSA) is 99.9 Å². The largest absolute Gasteiger partial charge is 0.340 e. The number of piperidine rings is 1. The number of amides is 4. The highest BCUT2D eigenvalue weighted by Gasteiger charge is 2.55. The van der Waals surface area contributed by atoms with Crippen molar-refractivity contribution in [2.24, 2.45) is 0 Å². The number of imide groups is 1. The van der Waals surface area contributed by atoms with Crippen LogP contribution in [0.4, 0.5) is 4.79 Å². The van der Waals surface area contributed by atoms with Crippen molar-refractivity contribution in [3.8, 4) is 0 Å². The van der Waals surface area contributed by atoms with Crippen LogP contribution in [0.2, 0.25) is 0 Å². The number of likely N-dealkylation sites (tertiary alicyclic amines) is 1. The van der Waals surface area contributed by atoms with E-state index in [2.05, 4.69) is 15.5 Å². The van der Waals surface area contributed by atoms with Gasteiger partial charge in [-0.2, -0.15) is 0 Å². The minimum Gasteiger partial charge on any atom is -0.340 e. The standard InChI is InChI=1S/C24H24N6O3/c31-20(28-12-5-7-17(14-28)21-27-26-19-9-3-4-13-29(19)21)15-30-22(32)24(25-23(30)33)11-10-16-6-1-2-8-18(16)24/h1-4,6,8-9,13,17H,5,7,10-12,14-15H2,(H,25,33)/t17-,24-/m0/s1. The molecule has 1 aliphatic carbocycles. The molecule has 4 amide bonds. The van der Waals surface area contributed by atoms with Crippen LogP contribution in [0, 0.1) is 0 Å². The van der Waals surface area contributed by atoms with Gasteiger partial charge in [0.15, 0.2) is 5.65 Å². The molecule has 0 radical (unpaired) electrons. The Labute approximate surface area is 190 Å². The van der Waals surface area contributed by atoms with Crippen molar-refractivity contribution in [2.75, 3.05) is 19.6 Å². The van der Waals surface area contributed by atoms with Gasteiger partial charge in [-0.1, -0.05) is 30.3 Å². The van der Waals surface area contributed by atoms with Gasteiger partial charge in [0.25, 0.3) is 5.91 Å². The molecule has 9 nitrogen and oxygen atoms in total. The summed E-state index contributed by atoms with van der Waals surface area (Å²) in [6.07, 6.45) is 4.91. The third kappa shape index (κ3) is 3.02. The lowest BCUT2D eigenvalue weighted by molar-refractivity contribution is -0.139. The Kier molecular flexibility index (Phi) is 4.46. The summed E-state index contributed by atoms with van der Waals surface area (Å²) in [5, 5.41) is 11.5. The van der Waals surface area contributed by atoms with Crippen molar-refractivity contribution in [3.05, 3.63) is 65.6 Å². The van der Waals surface area contributed by atoms with E-state index >= 15 is 0 Å². The first-order valence-corrected chi connectivity index (χ1v) is 11.4. The molecule has 3 aliphatic rings. The second-order valence-corrected chi connectivity index (χ2v) is 9.05. The Hall–Kier alpha value is -3.75. The first-order valence-electron chi connectivity index (χ1n) is 11.4. The molecule has 4 heterocycles. The summed E-state index contributed by atoms with van der Waals surface area (Å²) in [6, 6.07) is 12.9. The number of hydrogen-bond acceptors (Lipinski definition) is 5. The van der Waals surface area contributed by atoms with Crippen molar-refractivity contribution in [3.63, 3.8) is 0 Å². The number of rotatable bonds is 3. The van der Waals surface area contributed by atoms with Crippen molar-refractivity contribution in [1.29, 1.82) is 0 Å². The van der Waals surface area contributed by atoms with E-state index in [0.29, 0.717) is 19.5 Å². The van der Waals surface area contributed by atoms with E-state index in [1.807, 2.05) is 53.1 Å². The number of hydrogen-bond donors (Lipinski definition) is 1. The summed E-state index contributed by atoms with van der Waals surface area (Å²) in [5.74, 6) is 0.332. The molecule has 168 valence electrons. The molecule has 0 saturated carbocycles. The van der Waals surface area contributed by atoms with Crippen molar-refractivity contribution < 1.29 is 14.4 Å². The number of carbonyl (C=O) groups excluding carboxylic acids is 3. The summed E-state index contributed by atoms with van der Waals surface area (Å²) in [4.78, 5) is 42.2. The lowest BCUT2D eigenvalue weighted by Crippen LogP contribution is -2.47. The van der Waals surface area contributed by atoms with Crippen LogP contribution in [-0.4, -0.2) is 61.9 Å². The maximum Gasteiger partial charge on any atom is 0.325 e. The van der Waals surface area contributed by atoms with Crippen LogP contribution in [0.15, 0.2) is 48.7 Å². The lowest BCUT2D eigenvalue weighted by atomic mass is 9.92. The number of nitrogens with zero attached hydrogens (tertiary/aromatic N) is 5. The number of pyridine rings is 1. The van der Waals surface area contributed by atoms with Gasteiger partial charge >= 0.3 is 6.03 Å². The van der Waals surface area contributed by atoms with Crippen LogP contribution >= 0.6 is 0 Å². The third-order valence-corrected chi connectivity index (χ3v) is 7.19. The molecule has 0 unspecified atom stereocenters. The molecule has 2 saturated heterocycles. The fourth-order valence-corrected chi connectivity index (χ4v) is 5.52. The van der Waals surface area contributed by atoms with Crippen molar-refractivity contribution in [1.82, 2.24) is 29.7 Å². The summed E-state index contributed by atoms with van der Waals surface area (Å²) in [5.41, 5.74) is 1.64. The third-order valence-electron chi connectivity index (χ3n) is 7.19. The Morgan fingerprint density at radius 2 is 1.97 bits per heavy atom. The molecule has 6 rings (SSSR count). The average Bonchev–Trinajstić information content (AvgIpc) is 3.51. The number of fused-ring (bicyclic) bond motifs is 3. The zero-order valence-corrected chi connectivity index (χ0v) is 18.1. The Morgan fingerprint density at radius 1 is 1.12 bits per heavy atom. The summed E-state index contributed by atoms with van der Waals surface area (Å²) < 4.78 is 1.96. The molecule has 1 N–H and O–H groups in total. The van der Waals surface area contributed by atoms with E-state index < -0.39 is 11.6 Å². The summed E-state index contributed by atoms with van der Waals surface area (Å²) in [7, 11) is 0. The van der Waals surface area contributed by atoms with Gasteiger partial charge in [0.2, 0.25) is 5.91 Å². The fourth-order valence-electron chi connectivity index (χ4n) is 5.52. The van der Waals surface area contributed by atoms with Gasteiger partial charge < -0.3 is 10.2 Å². The maximum atomic E-state index is 13.4. The number of aryl methyl sites for hydroxylation is 1. The number of benzene rings is 1. The van der Waals surface area contributed by atoms with Crippen LogP contribution < -0.4 is 5.32 Å².